The SMILES string of the molecule is CCc1c(C(=O)N(C)CC2CCCCC2)cnn1-c1ccccc1. The number of rotatable bonds is 5. The van der Waals surface area contributed by atoms with Gasteiger partial charge in [-0.1, -0.05) is 44.4 Å². The minimum absolute atomic E-state index is 0.0969. The molecule has 0 aliphatic heterocycles. The molecule has 1 aromatic carbocycles. The Morgan fingerprint density at radius 2 is 1.92 bits per heavy atom. The van der Waals surface area contributed by atoms with Crippen LogP contribution in [0, 0.1) is 5.92 Å². The minimum atomic E-state index is 0.0969. The number of aromatic nitrogens is 2. The molecule has 1 aliphatic rings. The number of nitrogens with zero attached hydrogens (tertiary/aromatic N) is 3. The smallest absolute Gasteiger partial charge is 0.257 e. The molecule has 1 aliphatic carbocycles. The fourth-order valence-electron chi connectivity index (χ4n) is 3.73. The van der Waals surface area contributed by atoms with E-state index in [4.69, 9.17) is 0 Å². The number of hydrogen-bond acceptors (Lipinski definition) is 2. The van der Waals surface area contributed by atoms with Crippen molar-refractivity contribution in [3.05, 3.63) is 47.8 Å². The van der Waals surface area contributed by atoms with Gasteiger partial charge in [0.2, 0.25) is 0 Å². The van der Waals surface area contributed by atoms with E-state index in [9.17, 15) is 4.79 Å². The first kappa shape index (κ1) is 16.7. The summed E-state index contributed by atoms with van der Waals surface area (Å²) in [5.41, 5.74) is 2.73. The van der Waals surface area contributed by atoms with Gasteiger partial charge in [-0.2, -0.15) is 5.10 Å². The monoisotopic (exact) mass is 325 g/mol. The summed E-state index contributed by atoms with van der Waals surface area (Å²) in [6, 6.07) is 10.0. The molecule has 4 heteroatoms. The molecule has 0 unspecified atom stereocenters. The Morgan fingerprint density at radius 1 is 1.21 bits per heavy atom. The molecule has 0 saturated heterocycles. The Bertz CT molecular complexity index is 671. The molecule has 0 spiro atoms. The topological polar surface area (TPSA) is 38.1 Å². The average molecular weight is 325 g/mol. The van der Waals surface area contributed by atoms with Gasteiger partial charge in [-0.05, 0) is 37.3 Å². The molecule has 1 aromatic heterocycles. The van der Waals surface area contributed by atoms with Crippen LogP contribution < -0.4 is 0 Å². The first-order valence-electron chi connectivity index (χ1n) is 9.08. The number of benzene rings is 1. The predicted molar refractivity (Wildman–Crippen MR) is 96.5 cm³/mol. The molecule has 1 heterocycles. The summed E-state index contributed by atoms with van der Waals surface area (Å²) in [7, 11) is 1.93. The Hall–Kier alpha value is -2.10. The summed E-state index contributed by atoms with van der Waals surface area (Å²) in [4.78, 5) is 14.8. The predicted octanol–water partition coefficient (Wildman–Crippen LogP) is 4.09. The molecule has 3 rings (SSSR count). The highest BCUT2D eigenvalue weighted by Crippen LogP contribution is 2.25. The first-order valence-corrected chi connectivity index (χ1v) is 9.08. The molecular weight excluding hydrogens is 298 g/mol. The molecule has 1 saturated carbocycles. The lowest BCUT2D eigenvalue weighted by Gasteiger charge is -2.27. The third kappa shape index (κ3) is 3.53. The molecule has 1 fully saturated rings. The summed E-state index contributed by atoms with van der Waals surface area (Å²) in [5.74, 6) is 0.751. The zero-order chi connectivity index (χ0) is 16.9. The van der Waals surface area contributed by atoms with Gasteiger partial charge in [0.05, 0.1) is 23.1 Å². The van der Waals surface area contributed by atoms with E-state index in [-0.39, 0.29) is 5.91 Å². The van der Waals surface area contributed by atoms with Crippen LogP contribution in [0.25, 0.3) is 5.69 Å². The standard InChI is InChI=1S/C20H27N3O/c1-3-19-18(14-21-23(19)17-12-8-5-9-13-17)20(24)22(2)15-16-10-6-4-7-11-16/h5,8-9,12-14,16H,3-4,6-7,10-11,15H2,1-2H3. The van der Waals surface area contributed by atoms with Gasteiger partial charge in [-0.25, -0.2) is 4.68 Å². The summed E-state index contributed by atoms with van der Waals surface area (Å²) < 4.78 is 1.89. The second-order valence-electron chi connectivity index (χ2n) is 6.80. The van der Waals surface area contributed by atoms with Crippen molar-refractivity contribution in [2.75, 3.05) is 13.6 Å². The molecule has 0 radical (unpaired) electrons. The third-order valence-electron chi connectivity index (χ3n) is 5.04. The van der Waals surface area contributed by atoms with Crippen molar-refractivity contribution >= 4 is 5.91 Å². The van der Waals surface area contributed by atoms with E-state index in [1.54, 1.807) is 6.20 Å². The summed E-state index contributed by atoms with van der Waals surface area (Å²) in [5, 5.41) is 4.48. The minimum Gasteiger partial charge on any atom is -0.341 e. The van der Waals surface area contributed by atoms with Crippen molar-refractivity contribution in [1.29, 1.82) is 0 Å². The van der Waals surface area contributed by atoms with E-state index in [0.29, 0.717) is 5.92 Å². The second kappa shape index (κ2) is 7.65. The van der Waals surface area contributed by atoms with Gasteiger partial charge >= 0.3 is 0 Å². The largest absolute Gasteiger partial charge is 0.341 e. The van der Waals surface area contributed by atoms with Crippen molar-refractivity contribution in [3.63, 3.8) is 0 Å². The van der Waals surface area contributed by atoms with Gasteiger partial charge in [-0.15, -0.1) is 0 Å². The van der Waals surface area contributed by atoms with Crippen LogP contribution in [-0.2, 0) is 6.42 Å². The highest BCUT2D eigenvalue weighted by atomic mass is 16.2. The Balaban J connectivity index is 1.78. The van der Waals surface area contributed by atoms with Crippen molar-refractivity contribution in [1.82, 2.24) is 14.7 Å². The third-order valence-corrected chi connectivity index (χ3v) is 5.04. The summed E-state index contributed by atoms with van der Waals surface area (Å²) >= 11 is 0. The maximum atomic E-state index is 12.9. The lowest BCUT2D eigenvalue weighted by Crippen LogP contribution is -2.33. The Morgan fingerprint density at radius 3 is 2.58 bits per heavy atom. The van der Waals surface area contributed by atoms with E-state index >= 15 is 0 Å². The second-order valence-corrected chi connectivity index (χ2v) is 6.80. The zero-order valence-electron chi connectivity index (χ0n) is 14.7. The molecule has 4 nitrogen and oxygen atoms in total. The number of hydrogen-bond donors (Lipinski definition) is 0. The molecule has 2 aromatic rings. The van der Waals surface area contributed by atoms with E-state index < -0.39 is 0 Å². The highest BCUT2D eigenvalue weighted by Gasteiger charge is 2.23. The lowest BCUT2D eigenvalue weighted by atomic mass is 9.89. The maximum Gasteiger partial charge on any atom is 0.257 e. The summed E-state index contributed by atoms with van der Waals surface area (Å²) in [6.45, 7) is 2.94. The van der Waals surface area contributed by atoms with Crippen LogP contribution in [0.4, 0.5) is 0 Å². The number of para-hydroxylation sites is 1. The quantitative estimate of drug-likeness (QED) is 0.830. The van der Waals surface area contributed by atoms with Crippen molar-refractivity contribution < 1.29 is 4.79 Å². The van der Waals surface area contributed by atoms with Crippen molar-refractivity contribution in [3.8, 4) is 5.69 Å². The first-order chi connectivity index (χ1) is 11.7. The fourth-order valence-corrected chi connectivity index (χ4v) is 3.73. The van der Waals surface area contributed by atoms with Crippen LogP contribution in [0.2, 0.25) is 0 Å². The summed E-state index contributed by atoms with van der Waals surface area (Å²) in [6.07, 6.45) is 8.97. The van der Waals surface area contributed by atoms with E-state index in [2.05, 4.69) is 12.0 Å². The Labute approximate surface area is 144 Å². The molecule has 128 valence electrons. The van der Waals surface area contributed by atoms with Crippen LogP contribution in [0.3, 0.4) is 0 Å². The molecule has 0 N–H and O–H groups in total. The van der Waals surface area contributed by atoms with Gasteiger partial charge in [0, 0.05) is 13.6 Å². The average Bonchev–Trinajstić information content (AvgIpc) is 3.06. The number of carbonyl (C=O) groups excluding carboxylic acids is 1. The maximum absolute atomic E-state index is 12.9. The van der Waals surface area contributed by atoms with Crippen LogP contribution in [0.5, 0.6) is 0 Å². The number of amides is 1. The fraction of sp³-hybridized carbons (Fsp3) is 0.500. The van der Waals surface area contributed by atoms with E-state index in [1.807, 2.05) is 47.0 Å². The number of carbonyl (C=O) groups is 1. The van der Waals surface area contributed by atoms with Crippen LogP contribution in [-0.4, -0.2) is 34.2 Å². The molecular formula is C20H27N3O. The Kier molecular flexibility index (Phi) is 5.34. The molecule has 0 bridgehead atoms. The van der Waals surface area contributed by atoms with Gasteiger partial charge in [0.25, 0.3) is 5.91 Å². The van der Waals surface area contributed by atoms with Crippen LogP contribution in [0.1, 0.15) is 55.1 Å². The van der Waals surface area contributed by atoms with Gasteiger partial charge in [0.15, 0.2) is 0 Å². The zero-order valence-corrected chi connectivity index (χ0v) is 14.7. The van der Waals surface area contributed by atoms with Crippen molar-refractivity contribution in [2.24, 2.45) is 5.92 Å². The van der Waals surface area contributed by atoms with E-state index in [1.165, 1.54) is 32.1 Å². The highest BCUT2D eigenvalue weighted by molar-refractivity contribution is 5.95. The van der Waals surface area contributed by atoms with Gasteiger partial charge in [0.1, 0.15) is 0 Å². The van der Waals surface area contributed by atoms with Crippen LogP contribution in [0.15, 0.2) is 36.5 Å². The normalized spacial score (nSPS) is 15.4. The lowest BCUT2D eigenvalue weighted by molar-refractivity contribution is 0.0759. The van der Waals surface area contributed by atoms with Crippen LogP contribution >= 0.6 is 0 Å². The van der Waals surface area contributed by atoms with Crippen molar-refractivity contribution in [2.45, 2.75) is 45.4 Å². The van der Waals surface area contributed by atoms with Gasteiger partial charge < -0.3 is 4.90 Å². The van der Waals surface area contributed by atoms with E-state index in [0.717, 1.165) is 29.9 Å². The molecule has 24 heavy (non-hydrogen) atoms. The molecule has 1 amide bonds. The molecule has 0 atom stereocenters. The van der Waals surface area contributed by atoms with Gasteiger partial charge in [-0.3, -0.25) is 4.79 Å².